The number of amides is 1. The van der Waals surface area contributed by atoms with Gasteiger partial charge in [0.25, 0.3) is 0 Å². The van der Waals surface area contributed by atoms with Gasteiger partial charge in [-0.1, -0.05) is 0 Å². The van der Waals surface area contributed by atoms with Gasteiger partial charge < -0.3 is 15.9 Å². The highest BCUT2D eigenvalue weighted by Crippen LogP contribution is 2.06. The van der Waals surface area contributed by atoms with Crippen LogP contribution in [0.4, 0.5) is 0 Å². The van der Waals surface area contributed by atoms with Crippen LogP contribution >= 0.6 is 0 Å². The molecule has 0 saturated heterocycles. The van der Waals surface area contributed by atoms with Gasteiger partial charge in [-0.25, -0.2) is 0 Å². The number of carbonyl (C=O) groups excluding carboxylic acids is 1. The molecule has 58 valence electrons. The third kappa shape index (κ3) is 2.45. The van der Waals surface area contributed by atoms with E-state index in [1.165, 1.54) is 0 Å². The number of rotatable bonds is 3. The number of aliphatic hydroxyl groups is 1. The number of carboxylic acid groups (broad SMARTS) is 1. The molecule has 5 nitrogen and oxygen atoms in total. The van der Waals surface area contributed by atoms with E-state index < -0.39 is 23.9 Å². The molecule has 0 aromatic heterocycles. The van der Waals surface area contributed by atoms with E-state index in [0.717, 1.165) is 6.92 Å². The lowest BCUT2D eigenvalue weighted by atomic mass is 10.0. The number of carbonyl (C=O) groups is 2. The lowest BCUT2D eigenvalue weighted by molar-refractivity contribution is -0.149. The summed E-state index contributed by atoms with van der Waals surface area (Å²) in [5.41, 5.74) is 2.73. The fourth-order valence-corrected chi connectivity index (χ4v) is 0.382. The molecule has 0 rings (SSSR count). The van der Waals surface area contributed by atoms with Crippen molar-refractivity contribution in [3.05, 3.63) is 0 Å². The largest absolute Gasteiger partial charge is 0.481 e. The molecular formula is C5H9NO4. The Morgan fingerprint density at radius 2 is 2.00 bits per heavy atom. The second kappa shape index (κ2) is 2.66. The van der Waals surface area contributed by atoms with Crippen molar-refractivity contribution in [1.29, 1.82) is 0 Å². The number of hydrogen-bond donors (Lipinski definition) is 3. The summed E-state index contributed by atoms with van der Waals surface area (Å²) in [6.07, 6.45) is -0.664. The minimum absolute atomic E-state index is 0.664. The quantitative estimate of drug-likeness (QED) is 0.461. The number of primary amides is 1. The van der Waals surface area contributed by atoms with E-state index in [-0.39, 0.29) is 0 Å². The van der Waals surface area contributed by atoms with Gasteiger partial charge in [-0.05, 0) is 6.92 Å². The molecular weight excluding hydrogens is 138 g/mol. The summed E-state index contributed by atoms with van der Waals surface area (Å²) >= 11 is 0. The van der Waals surface area contributed by atoms with Gasteiger partial charge in [0.2, 0.25) is 5.91 Å². The maximum Gasteiger partial charge on any atom is 0.306 e. The molecule has 0 aromatic carbocycles. The molecule has 5 heteroatoms. The molecule has 0 heterocycles. The molecule has 0 aliphatic carbocycles. The Kier molecular flexibility index (Phi) is 2.36. The molecule has 1 atom stereocenters. The molecule has 0 aromatic rings. The van der Waals surface area contributed by atoms with E-state index in [4.69, 9.17) is 10.2 Å². The van der Waals surface area contributed by atoms with Crippen molar-refractivity contribution >= 4 is 11.9 Å². The van der Waals surface area contributed by atoms with E-state index >= 15 is 0 Å². The van der Waals surface area contributed by atoms with Crippen LogP contribution in [0, 0.1) is 0 Å². The number of carboxylic acids is 1. The SMILES string of the molecule is CC(O)(CC(=O)O)C(N)=O. The zero-order valence-electron chi connectivity index (χ0n) is 5.50. The Bertz CT molecular complexity index is 163. The van der Waals surface area contributed by atoms with Crippen molar-refractivity contribution in [3.8, 4) is 0 Å². The Balaban J connectivity index is 4.13. The first-order valence-electron chi connectivity index (χ1n) is 2.60. The third-order valence-electron chi connectivity index (χ3n) is 1.03. The summed E-state index contributed by atoms with van der Waals surface area (Å²) in [6, 6.07) is 0. The molecule has 4 N–H and O–H groups in total. The van der Waals surface area contributed by atoms with Crippen molar-refractivity contribution < 1.29 is 19.8 Å². The molecule has 1 amide bonds. The Labute approximate surface area is 57.5 Å². The predicted molar refractivity (Wildman–Crippen MR) is 32.1 cm³/mol. The first-order chi connectivity index (χ1) is 4.36. The third-order valence-corrected chi connectivity index (χ3v) is 1.03. The smallest absolute Gasteiger partial charge is 0.306 e. The zero-order valence-corrected chi connectivity index (χ0v) is 5.50. The van der Waals surface area contributed by atoms with E-state index in [1.807, 2.05) is 0 Å². The van der Waals surface area contributed by atoms with Crippen molar-refractivity contribution in [2.45, 2.75) is 18.9 Å². The lowest BCUT2D eigenvalue weighted by Gasteiger charge is -2.15. The number of aliphatic carboxylic acids is 1. The maximum atomic E-state index is 10.3. The van der Waals surface area contributed by atoms with Crippen molar-refractivity contribution in [2.75, 3.05) is 0 Å². The van der Waals surface area contributed by atoms with Crippen molar-refractivity contribution in [1.82, 2.24) is 0 Å². The first kappa shape index (κ1) is 8.90. The second-order valence-electron chi connectivity index (χ2n) is 2.21. The highest BCUT2D eigenvalue weighted by Gasteiger charge is 2.30. The lowest BCUT2D eigenvalue weighted by Crippen LogP contribution is -2.42. The van der Waals surface area contributed by atoms with Crippen LogP contribution in [0.25, 0.3) is 0 Å². The van der Waals surface area contributed by atoms with Crippen LogP contribution in [0.1, 0.15) is 13.3 Å². The second-order valence-corrected chi connectivity index (χ2v) is 2.21. The fraction of sp³-hybridized carbons (Fsp3) is 0.600. The van der Waals surface area contributed by atoms with Gasteiger partial charge in [-0.3, -0.25) is 9.59 Å². The molecule has 10 heavy (non-hydrogen) atoms. The average Bonchev–Trinajstić information content (AvgIpc) is 1.60. The van der Waals surface area contributed by atoms with Crippen LogP contribution in [0.2, 0.25) is 0 Å². The maximum absolute atomic E-state index is 10.3. The van der Waals surface area contributed by atoms with Crippen LogP contribution in [0.15, 0.2) is 0 Å². The van der Waals surface area contributed by atoms with E-state index in [9.17, 15) is 9.59 Å². The van der Waals surface area contributed by atoms with Crippen LogP contribution in [-0.2, 0) is 9.59 Å². The summed E-state index contributed by atoms with van der Waals surface area (Å²) in [7, 11) is 0. The van der Waals surface area contributed by atoms with Crippen molar-refractivity contribution in [3.63, 3.8) is 0 Å². The Morgan fingerprint density at radius 3 is 2.10 bits per heavy atom. The standard InChI is InChI=1S/C5H9NO4/c1-5(10,4(6)9)2-3(7)8/h10H,2H2,1H3,(H2,6,9)(H,7,8). The van der Waals surface area contributed by atoms with Crippen LogP contribution < -0.4 is 5.73 Å². The van der Waals surface area contributed by atoms with E-state index in [0.29, 0.717) is 0 Å². The van der Waals surface area contributed by atoms with Gasteiger partial charge in [0, 0.05) is 0 Å². The molecule has 0 bridgehead atoms. The predicted octanol–water partition coefficient (Wildman–Crippen LogP) is -1.30. The molecule has 0 radical (unpaired) electrons. The minimum atomic E-state index is -1.94. The molecule has 0 fully saturated rings. The van der Waals surface area contributed by atoms with Gasteiger partial charge in [0.05, 0.1) is 6.42 Å². The van der Waals surface area contributed by atoms with Gasteiger partial charge in [-0.15, -0.1) is 0 Å². The monoisotopic (exact) mass is 147 g/mol. The summed E-state index contributed by atoms with van der Waals surface area (Å²) in [5, 5.41) is 17.0. The normalized spacial score (nSPS) is 15.8. The summed E-state index contributed by atoms with van der Waals surface area (Å²) < 4.78 is 0. The summed E-state index contributed by atoms with van der Waals surface area (Å²) in [6.45, 7) is 1.06. The first-order valence-corrected chi connectivity index (χ1v) is 2.60. The molecule has 0 aliphatic heterocycles. The van der Waals surface area contributed by atoms with Gasteiger partial charge in [0.15, 0.2) is 5.60 Å². The highest BCUT2D eigenvalue weighted by molar-refractivity contribution is 5.87. The minimum Gasteiger partial charge on any atom is -0.481 e. The Hall–Kier alpha value is -1.10. The van der Waals surface area contributed by atoms with Crippen LogP contribution in [0.5, 0.6) is 0 Å². The van der Waals surface area contributed by atoms with Gasteiger partial charge in [0.1, 0.15) is 0 Å². The average molecular weight is 147 g/mol. The molecule has 0 aliphatic rings. The van der Waals surface area contributed by atoms with Crippen LogP contribution in [-0.4, -0.2) is 27.7 Å². The molecule has 0 saturated carbocycles. The summed E-state index contributed by atoms with van der Waals surface area (Å²) in [5.74, 6) is -2.29. The molecule has 0 spiro atoms. The van der Waals surface area contributed by atoms with Gasteiger partial charge >= 0.3 is 5.97 Å². The topological polar surface area (TPSA) is 101 Å². The highest BCUT2D eigenvalue weighted by atomic mass is 16.4. The van der Waals surface area contributed by atoms with Crippen LogP contribution in [0.3, 0.4) is 0 Å². The molecule has 1 unspecified atom stereocenters. The summed E-state index contributed by atoms with van der Waals surface area (Å²) in [4.78, 5) is 20.2. The number of hydrogen-bond acceptors (Lipinski definition) is 3. The number of nitrogens with two attached hydrogens (primary N) is 1. The van der Waals surface area contributed by atoms with E-state index in [2.05, 4.69) is 5.73 Å². The van der Waals surface area contributed by atoms with E-state index in [1.54, 1.807) is 0 Å². The zero-order chi connectivity index (χ0) is 8.36. The fourth-order valence-electron chi connectivity index (χ4n) is 0.382. The Morgan fingerprint density at radius 1 is 1.60 bits per heavy atom. The van der Waals surface area contributed by atoms with Crippen molar-refractivity contribution in [2.24, 2.45) is 5.73 Å². The van der Waals surface area contributed by atoms with Gasteiger partial charge in [-0.2, -0.15) is 0 Å².